The summed E-state index contributed by atoms with van der Waals surface area (Å²) < 4.78 is 0. The van der Waals surface area contributed by atoms with Crippen molar-refractivity contribution in [2.45, 2.75) is 39.7 Å². The standard InChI is InChI=1S/C21H29N3O3/c1-15-5-4-6-18(13-15)20-8-7-19(14-24(20)17(3)26)21(27)23-11-9-22(10-12-23)16(2)25/h4-6,13,19-20H,7-12,14H2,1-3H3. The van der Waals surface area contributed by atoms with E-state index in [1.165, 1.54) is 5.56 Å². The first-order valence-corrected chi connectivity index (χ1v) is 9.75. The highest BCUT2D eigenvalue weighted by Crippen LogP contribution is 2.34. The van der Waals surface area contributed by atoms with Crippen molar-refractivity contribution in [2.75, 3.05) is 32.7 Å². The molecule has 2 atom stereocenters. The van der Waals surface area contributed by atoms with Gasteiger partial charge < -0.3 is 14.7 Å². The Hall–Kier alpha value is -2.37. The summed E-state index contributed by atoms with van der Waals surface area (Å²) >= 11 is 0. The maximum Gasteiger partial charge on any atom is 0.227 e. The van der Waals surface area contributed by atoms with E-state index in [-0.39, 0.29) is 29.7 Å². The Kier molecular flexibility index (Phi) is 5.82. The van der Waals surface area contributed by atoms with Gasteiger partial charge in [0, 0.05) is 46.6 Å². The van der Waals surface area contributed by atoms with Crippen LogP contribution in [-0.4, -0.2) is 65.1 Å². The van der Waals surface area contributed by atoms with E-state index in [0.29, 0.717) is 32.7 Å². The Labute approximate surface area is 161 Å². The van der Waals surface area contributed by atoms with Crippen molar-refractivity contribution in [1.29, 1.82) is 0 Å². The van der Waals surface area contributed by atoms with Gasteiger partial charge in [0.2, 0.25) is 17.7 Å². The lowest BCUT2D eigenvalue weighted by Crippen LogP contribution is -2.54. The number of rotatable bonds is 2. The van der Waals surface area contributed by atoms with Crippen molar-refractivity contribution in [3.63, 3.8) is 0 Å². The van der Waals surface area contributed by atoms with Crippen molar-refractivity contribution in [2.24, 2.45) is 5.92 Å². The summed E-state index contributed by atoms with van der Waals surface area (Å²) in [6, 6.07) is 8.31. The van der Waals surface area contributed by atoms with Crippen molar-refractivity contribution in [3.05, 3.63) is 35.4 Å². The molecule has 0 N–H and O–H groups in total. The molecule has 0 radical (unpaired) electrons. The zero-order valence-corrected chi connectivity index (χ0v) is 16.5. The minimum Gasteiger partial charge on any atom is -0.339 e. The molecular formula is C21H29N3O3. The molecule has 1 aromatic rings. The van der Waals surface area contributed by atoms with Gasteiger partial charge in [-0.2, -0.15) is 0 Å². The average molecular weight is 371 g/mol. The smallest absolute Gasteiger partial charge is 0.227 e. The second-order valence-electron chi connectivity index (χ2n) is 7.71. The molecule has 0 saturated carbocycles. The van der Waals surface area contributed by atoms with Crippen LogP contribution in [0.15, 0.2) is 24.3 Å². The molecule has 6 nitrogen and oxygen atoms in total. The Morgan fingerprint density at radius 2 is 1.59 bits per heavy atom. The van der Waals surface area contributed by atoms with E-state index in [1.54, 1.807) is 18.7 Å². The van der Waals surface area contributed by atoms with Gasteiger partial charge >= 0.3 is 0 Å². The molecule has 2 aliphatic rings. The van der Waals surface area contributed by atoms with Gasteiger partial charge in [0.25, 0.3) is 0 Å². The highest BCUT2D eigenvalue weighted by atomic mass is 16.2. The van der Waals surface area contributed by atoms with Crippen LogP contribution in [0.3, 0.4) is 0 Å². The Balaban J connectivity index is 1.67. The fourth-order valence-electron chi connectivity index (χ4n) is 4.24. The number of hydrogen-bond acceptors (Lipinski definition) is 3. The number of piperidine rings is 1. The first-order valence-electron chi connectivity index (χ1n) is 9.75. The second kappa shape index (κ2) is 8.11. The first-order chi connectivity index (χ1) is 12.9. The number of hydrogen-bond donors (Lipinski definition) is 0. The van der Waals surface area contributed by atoms with E-state index in [2.05, 4.69) is 25.1 Å². The van der Waals surface area contributed by atoms with Gasteiger partial charge in [-0.25, -0.2) is 0 Å². The normalized spacial score (nSPS) is 23.3. The van der Waals surface area contributed by atoms with Gasteiger partial charge in [0.05, 0.1) is 12.0 Å². The third-order valence-electron chi connectivity index (χ3n) is 5.80. The fraction of sp³-hybridized carbons (Fsp3) is 0.571. The molecule has 6 heteroatoms. The topological polar surface area (TPSA) is 60.9 Å². The van der Waals surface area contributed by atoms with Crippen molar-refractivity contribution in [3.8, 4) is 0 Å². The number of likely N-dealkylation sites (tertiary alicyclic amines) is 1. The molecule has 2 saturated heterocycles. The van der Waals surface area contributed by atoms with Crippen molar-refractivity contribution in [1.82, 2.24) is 14.7 Å². The highest BCUT2D eigenvalue weighted by Gasteiger charge is 2.36. The Morgan fingerprint density at radius 1 is 0.926 bits per heavy atom. The van der Waals surface area contributed by atoms with Crippen LogP contribution in [0.1, 0.15) is 43.9 Å². The van der Waals surface area contributed by atoms with Crippen LogP contribution in [0.5, 0.6) is 0 Å². The molecular weight excluding hydrogens is 342 g/mol. The summed E-state index contributed by atoms with van der Waals surface area (Å²) in [5.41, 5.74) is 2.32. The van der Waals surface area contributed by atoms with Crippen LogP contribution in [0.2, 0.25) is 0 Å². The molecule has 2 heterocycles. The van der Waals surface area contributed by atoms with Gasteiger partial charge in [-0.15, -0.1) is 0 Å². The zero-order valence-electron chi connectivity index (χ0n) is 16.5. The number of benzene rings is 1. The number of aryl methyl sites for hydroxylation is 1. The molecule has 0 aliphatic carbocycles. The van der Waals surface area contributed by atoms with Crippen LogP contribution < -0.4 is 0 Å². The lowest BCUT2D eigenvalue weighted by molar-refractivity contribution is -0.145. The van der Waals surface area contributed by atoms with Crippen LogP contribution in [0.4, 0.5) is 0 Å². The van der Waals surface area contributed by atoms with Gasteiger partial charge in [0.1, 0.15) is 0 Å². The third kappa shape index (κ3) is 4.31. The number of carbonyl (C=O) groups excluding carboxylic acids is 3. The summed E-state index contributed by atoms with van der Waals surface area (Å²) in [5, 5.41) is 0. The molecule has 0 spiro atoms. The number of piperazine rings is 1. The molecule has 3 rings (SSSR count). The summed E-state index contributed by atoms with van der Waals surface area (Å²) in [7, 11) is 0. The van der Waals surface area contributed by atoms with E-state index >= 15 is 0 Å². The van der Waals surface area contributed by atoms with Gasteiger partial charge in [-0.1, -0.05) is 29.8 Å². The van der Waals surface area contributed by atoms with E-state index in [4.69, 9.17) is 0 Å². The van der Waals surface area contributed by atoms with Crippen LogP contribution in [0.25, 0.3) is 0 Å². The monoisotopic (exact) mass is 371 g/mol. The molecule has 2 aliphatic heterocycles. The molecule has 1 aromatic carbocycles. The highest BCUT2D eigenvalue weighted by molar-refractivity contribution is 5.81. The number of nitrogens with zero attached hydrogens (tertiary/aromatic N) is 3. The molecule has 2 unspecified atom stereocenters. The summed E-state index contributed by atoms with van der Waals surface area (Å²) in [6.07, 6.45) is 1.58. The van der Waals surface area contributed by atoms with Crippen LogP contribution >= 0.6 is 0 Å². The van der Waals surface area contributed by atoms with Gasteiger partial charge in [0.15, 0.2) is 0 Å². The quantitative estimate of drug-likeness (QED) is 0.799. The molecule has 0 aromatic heterocycles. The average Bonchev–Trinajstić information content (AvgIpc) is 2.67. The SMILES string of the molecule is CC(=O)N1CCN(C(=O)C2CCC(c3cccc(C)c3)N(C(C)=O)C2)CC1. The van der Waals surface area contributed by atoms with E-state index < -0.39 is 0 Å². The molecule has 0 bridgehead atoms. The fourth-order valence-corrected chi connectivity index (χ4v) is 4.24. The summed E-state index contributed by atoms with van der Waals surface area (Å²) in [4.78, 5) is 42.2. The zero-order chi connectivity index (χ0) is 19.6. The van der Waals surface area contributed by atoms with E-state index in [1.807, 2.05) is 15.9 Å². The largest absolute Gasteiger partial charge is 0.339 e. The third-order valence-corrected chi connectivity index (χ3v) is 5.80. The van der Waals surface area contributed by atoms with Gasteiger partial charge in [-0.3, -0.25) is 14.4 Å². The van der Waals surface area contributed by atoms with E-state index in [9.17, 15) is 14.4 Å². The van der Waals surface area contributed by atoms with Crippen molar-refractivity contribution >= 4 is 17.7 Å². The predicted octanol–water partition coefficient (Wildman–Crippen LogP) is 1.99. The molecule has 27 heavy (non-hydrogen) atoms. The molecule has 146 valence electrons. The Morgan fingerprint density at radius 3 is 2.19 bits per heavy atom. The minimum absolute atomic E-state index is 0.0143. The first kappa shape index (κ1) is 19.4. The van der Waals surface area contributed by atoms with Crippen LogP contribution in [-0.2, 0) is 14.4 Å². The maximum atomic E-state index is 13.0. The molecule has 3 amide bonds. The minimum atomic E-state index is -0.154. The lowest BCUT2D eigenvalue weighted by atomic mass is 9.87. The predicted molar refractivity (Wildman–Crippen MR) is 103 cm³/mol. The second-order valence-corrected chi connectivity index (χ2v) is 7.71. The summed E-state index contributed by atoms with van der Waals surface area (Å²) in [6.45, 7) is 8.02. The number of amides is 3. The Bertz CT molecular complexity index is 725. The number of carbonyl (C=O) groups is 3. The summed E-state index contributed by atoms with van der Waals surface area (Å²) in [5.74, 6) is 0.0369. The van der Waals surface area contributed by atoms with Crippen molar-refractivity contribution < 1.29 is 14.4 Å². The lowest BCUT2D eigenvalue weighted by Gasteiger charge is -2.42. The van der Waals surface area contributed by atoms with Crippen LogP contribution in [0, 0.1) is 12.8 Å². The van der Waals surface area contributed by atoms with Gasteiger partial charge in [-0.05, 0) is 25.3 Å². The van der Waals surface area contributed by atoms with E-state index in [0.717, 1.165) is 18.4 Å². The molecule has 2 fully saturated rings. The maximum absolute atomic E-state index is 13.0.